The monoisotopic (exact) mass is 348 g/mol. The maximum atomic E-state index is 12.7. The molecule has 0 saturated carbocycles. The maximum absolute atomic E-state index is 12.7. The lowest BCUT2D eigenvalue weighted by molar-refractivity contribution is 0.0696. The molecule has 7 heteroatoms. The number of benzene rings is 2. The molecule has 0 aliphatic carbocycles. The average molecular weight is 348 g/mol. The van der Waals surface area contributed by atoms with Gasteiger partial charge in [-0.3, -0.25) is 4.72 Å². The molecule has 24 heavy (non-hydrogen) atoms. The minimum absolute atomic E-state index is 0.0847. The van der Waals surface area contributed by atoms with E-state index in [0.717, 1.165) is 6.07 Å². The molecule has 3 N–H and O–H groups in total. The summed E-state index contributed by atoms with van der Waals surface area (Å²) in [6, 6.07) is 12.5. The van der Waals surface area contributed by atoms with Crippen LogP contribution in [0.3, 0.4) is 0 Å². The molecule has 0 fully saturated rings. The number of sulfonamides is 1. The van der Waals surface area contributed by atoms with Crippen LogP contribution in [0.2, 0.25) is 0 Å². The third kappa shape index (κ3) is 4.48. The van der Waals surface area contributed by atoms with E-state index in [1.54, 1.807) is 30.3 Å². The SMILES string of the molecule is CC(C)CNc1ccc(C(=O)O)cc1S(=O)(=O)Nc1ccccc1. The second-order valence-corrected chi connectivity index (χ2v) is 7.41. The second-order valence-electron chi connectivity index (χ2n) is 5.76. The van der Waals surface area contributed by atoms with Crippen molar-refractivity contribution in [2.75, 3.05) is 16.6 Å². The van der Waals surface area contributed by atoms with Gasteiger partial charge in [-0.2, -0.15) is 0 Å². The number of hydrogen-bond acceptors (Lipinski definition) is 4. The topological polar surface area (TPSA) is 95.5 Å². The Morgan fingerprint density at radius 1 is 1.12 bits per heavy atom. The molecule has 0 atom stereocenters. The Morgan fingerprint density at radius 2 is 1.79 bits per heavy atom. The average Bonchev–Trinajstić information content (AvgIpc) is 2.53. The molecular formula is C17H20N2O4S. The minimum Gasteiger partial charge on any atom is -0.478 e. The fourth-order valence-corrected chi connectivity index (χ4v) is 3.32. The smallest absolute Gasteiger partial charge is 0.335 e. The first kappa shape index (κ1) is 17.8. The van der Waals surface area contributed by atoms with E-state index in [1.165, 1.54) is 12.1 Å². The highest BCUT2D eigenvalue weighted by Crippen LogP contribution is 2.25. The molecule has 0 unspecified atom stereocenters. The van der Waals surface area contributed by atoms with Crippen molar-refractivity contribution in [2.24, 2.45) is 5.92 Å². The molecule has 128 valence electrons. The Bertz CT molecular complexity index is 818. The molecule has 0 amide bonds. The van der Waals surface area contributed by atoms with E-state index in [4.69, 9.17) is 5.11 Å². The van der Waals surface area contributed by atoms with Crippen LogP contribution in [0.1, 0.15) is 24.2 Å². The molecule has 2 rings (SSSR count). The molecule has 2 aromatic carbocycles. The summed E-state index contributed by atoms with van der Waals surface area (Å²) in [5.41, 5.74) is 0.698. The van der Waals surface area contributed by atoms with Gasteiger partial charge in [0.05, 0.1) is 11.3 Å². The van der Waals surface area contributed by atoms with Crippen molar-refractivity contribution in [1.82, 2.24) is 0 Å². The Balaban J connectivity index is 2.43. The number of carboxylic acid groups (broad SMARTS) is 1. The largest absolute Gasteiger partial charge is 0.478 e. The number of rotatable bonds is 7. The number of carbonyl (C=O) groups is 1. The molecule has 0 heterocycles. The number of anilines is 2. The van der Waals surface area contributed by atoms with Gasteiger partial charge in [0.15, 0.2) is 0 Å². The van der Waals surface area contributed by atoms with Crippen LogP contribution in [0.15, 0.2) is 53.4 Å². The quantitative estimate of drug-likeness (QED) is 0.714. The molecule has 0 aliphatic heterocycles. The Labute approximate surface area is 141 Å². The van der Waals surface area contributed by atoms with Crippen LogP contribution >= 0.6 is 0 Å². The predicted octanol–water partition coefficient (Wildman–Crippen LogP) is 3.25. The summed E-state index contributed by atoms with van der Waals surface area (Å²) >= 11 is 0. The second kappa shape index (κ2) is 7.35. The van der Waals surface area contributed by atoms with Crippen molar-refractivity contribution in [3.8, 4) is 0 Å². The van der Waals surface area contributed by atoms with E-state index in [9.17, 15) is 13.2 Å². The number of aromatic carboxylic acids is 1. The van der Waals surface area contributed by atoms with E-state index in [2.05, 4.69) is 10.0 Å². The lowest BCUT2D eigenvalue weighted by Gasteiger charge is -2.16. The summed E-state index contributed by atoms with van der Waals surface area (Å²) in [4.78, 5) is 11.1. The summed E-state index contributed by atoms with van der Waals surface area (Å²) in [6.07, 6.45) is 0. The summed E-state index contributed by atoms with van der Waals surface area (Å²) in [5.74, 6) is -0.872. The maximum Gasteiger partial charge on any atom is 0.335 e. The number of carboxylic acids is 1. The Kier molecular flexibility index (Phi) is 5.46. The predicted molar refractivity (Wildman–Crippen MR) is 94.0 cm³/mol. The highest BCUT2D eigenvalue weighted by Gasteiger charge is 2.21. The van der Waals surface area contributed by atoms with E-state index in [0.29, 0.717) is 23.8 Å². The van der Waals surface area contributed by atoms with Crippen LogP contribution < -0.4 is 10.0 Å². The Morgan fingerprint density at radius 3 is 2.38 bits per heavy atom. The molecule has 0 aromatic heterocycles. The van der Waals surface area contributed by atoms with Crippen LogP contribution in [0, 0.1) is 5.92 Å². The van der Waals surface area contributed by atoms with Gasteiger partial charge in [0.25, 0.3) is 10.0 Å². The highest BCUT2D eigenvalue weighted by atomic mass is 32.2. The van der Waals surface area contributed by atoms with Gasteiger partial charge in [-0.1, -0.05) is 32.0 Å². The van der Waals surface area contributed by atoms with Crippen molar-refractivity contribution < 1.29 is 18.3 Å². The van der Waals surface area contributed by atoms with Gasteiger partial charge in [0, 0.05) is 12.2 Å². The first-order valence-corrected chi connectivity index (χ1v) is 8.97. The lowest BCUT2D eigenvalue weighted by Crippen LogP contribution is -2.18. The van der Waals surface area contributed by atoms with Gasteiger partial charge in [-0.25, -0.2) is 13.2 Å². The van der Waals surface area contributed by atoms with Gasteiger partial charge in [0.2, 0.25) is 0 Å². The van der Waals surface area contributed by atoms with Gasteiger partial charge in [-0.05, 0) is 36.2 Å². The van der Waals surface area contributed by atoms with Crippen LogP contribution in [0.5, 0.6) is 0 Å². The van der Waals surface area contributed by atoms with Gasteiger partial charge in [-0.15, -0.1) is 0 Å². The molecule has 0 saturated heterocycles. The zero-order valence-electron chi connectivity index (χ0n) is 13.5. The third-order valence-corrected chi connectivity index (χ3v) is 4.67. The van der Waals surface area contributed by atoms with E-state index >= 15 is 0 Å². The number of hydrogen-bond donors (Lipinski definition) is 3. The first-order valence-electron chi connectivity index (χ1n) is 7.48. The normalized spacial score (nSPS) is 11.3. The van der Waals surface area contributed by atoms with E-state index in [1.807, 2.05) is 13.8 Å². The zero-order chi connectivity index (χ0) is 17.7. The molecular weight excluding hydrogens is 328 g/mol. The third-order valence-electron chi connectivity index (χ3n) is 3.24. The lowest BCUT2D eigenvalue weighted by atomic mass is 10.2. The van der Waals surface area contributed by atoms with E-state index in [-0.39, 0.29) is 10.5 Å². The molecule has 6 nitrogen and oxygen atoms in total. The van der Waals surface area contributed by atoms with Crippen LogP contribution in [-0.4, -0.2) is 26.0 Å². The summed E-state index contributed by atoms with van der Waals surface area (Å²) in [5, 5.41) is 12.2. The van der Waals surface area contributed by atoms with Gasteiger partial charge < -0.3 is 10.4 Å². The zero-order valence-corrected chi connectivity index (χ0v) is 14.3. The summed E-state index contributed by atoms with van der Waals surface area (Å²) in [7, 11) is -3.92. The van der Waals surface area contributed by atoms with E-state index < -0.39 is 16.0 Å². The standard InChI is InChI=1S/C17H20N2O4S/c1-12(2)11-18-15-9-8-13(17(20)21)10-16(15)24(22,23)19-14-6-4-3-5-7-14/h3-10,12,18-19H,11H2,1-2H3,(H,20,21). The van der Waals surface area contributed by atoms with Crippen LogP contribution in [-0.2, 0) is 10.0 Å². The molecule has 2 aromatic rings. The van der Waals surface area contributed by atoms with Crippen molar-refractivity contribution in [3.05, 3.63) is 54.1 Å². The van der Waals surface area contributed by atoms with Gasteiger partial charge >= 0.3 is 5.97 Å². The molecule has 0 spiro atoms. The first-order chi connectivity index (χ1) is 11.3. The van der Waals surface area contributed by atoms with Gasteiger partial charge in [0.1, 0.15) is 4.90 Å². The highest BCUT2D eigenvalue weighted by molar-refractivity contribution is 7.92. The van der Waals surface area contributed by atoms with Crippen molar-refractivity contribution in [1.29, 1.82) is 0 Å². The van der Waals surface area contributed by atoms with Crippen molar-refractivity contribution in [2.45, 2.75) is 18.7 Å². The molecule has 0 radical (unpaired) electrons. The molecule has 0 aliphatic rings. The van der Waals surface area contributed by atoms with Crippen molar-refractivity contribution >= 4 is 27.4 Å². The van der Waals surface area contributed by atoms with Crippen molar-refractivity contribution in [3.63, 3.8) is 0 Å². The van der Waals surface area contributed by atoms with Crippen LogP contribution in [0.25, 0.3) is 0 Å². The Hall–Kier alpha value is -2.54. The summed E-state index contributed by atoms with van der Waals surface area (Å²) < 4.78 is 27.9. The fourth-order valence-electron chi connectivity index (χ4n) is 2.05. The fraction of sp³-hybridized carbons (Fsp3) is 0.235. The van der Waals surface area contributed by atoms with Crippen LogP contribution in [0.4, 0.5) is 11.4 Å². The minimum atomic E-state index is -3.92. The number of nitrogens with one attached hydrogen (secondary N) is 2. The molecule has 0 bridgehead atoms. The summed E-state index contributed by atoms with van der Waals surface area (Å²) in [6.45, 7) is 4.56. The number of para-hydroxylation sites is 1.